The number of aromatic nitrogens is 4. The number of carbonyl (C=O) groups is 1. The molecule has 2 aromatic heterocycles. The molecule has 1 aliphatic heterocycles. The van der Waals surface area contributed by atoms with Gasteiger partial charge in [-0.1, -0.05) is 25.1 Å². The average Bonchev–Trinajstić information content (AvgIpc) is 3.47. The third kappa shape index (κ3) is 3.33. The van der Waals surface area contributed by atoms with E-state index in [1.165, 1.54) is 0 Å². The van der Waals surface area contributed by atoms with Gasteiger partial charge in [0.15, 0.2) is 11.6 Å². The van der Waals surface area contributed by atoms with E-state index in [1.54, 1.807) is 29.2 Å². The standard InChI is InChI=1S/C24H22FN5O2/c1-2-14-11-16(32)3-4-17(14)18-5-6-19-22(21(18)25)28-29-23(19)24-26-12-20(27-24)15-7-9-30(13-31)10-8-15/h3-7,11-13,32H,2,8-10H2,1H3,(H,26,27)(H,28,29). The third-order valence-corrected chi connectivity index (χ3v) is 5.96. The van der Waals surface area contributed by atoms with Crippen molar-refractivity contribution in [3.8, 4) is 28.4 Å². The number of halogens is 1. The highest BCUT2D eigenvalue weighted by atomic mass is 19.1. The molecule has 3 heterocycles. The number of phenols is 1. The molecule has 1 amide bonds. The SMILES string of the molecule is CCc1cc(O)ccc1-c1ccc2c(-c3nc(C4=CCN(C=O)CC4)c[nH]3)n[nH]c2c1F. The van der Waals surface area contributed by atoms with Crippen molar-refractivity contribution in [1.82, 2.24) is 25.1 Å². The molecule has 0 radical (unpaired) electrons. The van der Waals surface area contributed by atoms with Crippen molar-refractivity contribution in [1.29, 1.82) is 0 Å². The summed E-state index contributed by atoms with van der Waals surface area (Å²) in [6.45, 7) is 3.20. The zero-order valence-corrected chi connectivity index (χ0v) is 17.5. The summed E-state index contributed by atoms with van der Waals surface area (Å²) in [6, 6.07) is 8.54. The Morgan fingerprint density at radius 3 is 2.84 bits per heavy atom. The van der Waals surface area contributed by atoms with Crippen LogP contribution in [-0.4, -0.2) is 49.7 Å². The zero-order chi connectivity index (χ0) is 22.2. The first kappa shape index (κ1) is 20.0. The first-order chi connectivity index (χ1) is 15.6. The van der Waals surface area contributed by atoms with Crippen LogP contribution in [0.5, 0.6) is 5.75 Å². The van der Waals surface area contributed by atoms with Gasteiger partial charge in [-0.3, -0.25) is 9.89 Å². The number of carbonyl (C=O) groups excluding carboxylic acids is 1. The molecule has 0 bridgehead atoms. The van der Waals surface area contributed by atoms with Gasteiger partial charge in [-0.25, -0.2) is 9.37 Å². The minimum atomic E-state index is -0.391. The van der Waals surface area contributed by atoms with E-state index in [9.17, 15) is 9.90 Å². The lowest BCUT2D eigenvalue weighted by atomic mass is 9.96. The Balaban J connectivity index is 1.52. The highest BCUT2D eigenvalue weighted by Crippen LogP contribution is 2.35. The minimum absolute atomic E-state index is 0.163. The van der Waals surface area contributed by atoms with Crippen LogP contribution in [0.1, 0.15) is 24.6 Å². The highest BCUT2D eigenvalue weighted by molar-refractivity contribution is 5.95. The van der Waals surface area contributed by atoms with E-state index in [2.05, 4.69) is 20.2 Å². The molecule has 0 atom stereocenters. The maximum Gasteiger partial charge on any atom is 0.209 e. The summed E-state index contributed by atoms with van der Waals surface area (Å²) in [5.74, 6) is 0.324. The Hall–Kier alpha value is -3.94. The number of aromatic amines is 2. The van der Waals surface area contributed by atoms with Crippen LogP contribution in [0.3, 0.4) is 0 Å². The molecule has 32 heavy (non-hydrogen) atoms. The number of H-pyrrole nitrogens is 2. The topological polar surface area (TPSA) is 97.9 Å². The Morgan fingerprint density at radius 2 is 2.09 bits per heavy atom. The van der Waals surface area contributed by atoms with Gasteiger partial charge in [0.1, 0.15) is 17.0 Å². The molecule has 4 aromatic rings. The van der Waals surface area contributed by atoms with Crippen LogP contribution < -0.4 is 0 Å². The quantitative estimate of drug-likeness (QED) is 0.411. The van der Waals surface area contributed by atoms with E-state index >= 15 is 4.39 Å². The lowest BCUT2D eigenvalue weighted by molar-refractivity contribution is -0.117. The molecule has 0 spiro atoms. The van der Waals surface area contributed by atoms with Crippen LogP contribution in [0.2, 0.25) is 0 Å². The smallest absolute Gasteiger partial charge is 0.209 e. The maximum absolute atomic E-state index is 15.5. The van der Waals surface area contributed by atoms with Gasteiger partial charge in [-0.2, -0.15) is 5.10 Å². The number of phenolic OH excluding ortho intramolecular Hbond substituents is 1. The van der Waals surface area contributed by atoms with E-state index in [0.717, 1.165) is 35.2 Å². The first-order valence-electron chi connectivity index (χ1n) is 10.5. The Labute approximate surface area is 183 Å². The van der Waals surface area contributed by atoms with E-state index in [-0.39, 0.29) is 5.75 Å². The largest absolute Gasteiger partial charge is 0.508 e. The Morgan fingerprint density at radius 1 is 1.25 bits per heavy atom. The van der Waals surface area contributed by atoms with Crippen LogP contribution in [-0.2, 0) is 11.2 Å². The number of nitrogens with one attached hydrogen (secondary N) is 2. The van der Waals surface area contributed by atoms with Crippen molar-refractivity contribution < 1.29 is 14.3 Å². The number of aromatic hydroxyl groups is 1. The number of amides is 1. The van der Waals surface area contributed by atoms with Crippen LogP contribution in [0.25, 0.3) is 39.1 Å². The summed E-state index contributed by atoms with van der Waals surface area (Å²) < 4.78 is 15.5. The minimum Gasteiger partial charge on any atom is -0.508 e. The first-order valence-corrected chi connectivity index (χ1v) is 10.5. The van der Waals surface area contributed by atoms with Gasteiger partial charge < -0.3 is 15.0 Å². The number of fused-ring (bicyclic) bond motifs is 1. The van der Waals surface area contributed by atoms with Gasteiger partial charge in [0.2, 0.25) is 6.41 Å². The van der Waals surface area contributed by atoms with E-state index < -0.39 is 5.82 Å². The number of aryl methyl sites for hydroxylation is 1. The number of imidazole rings is 1. The predicted molar refractivity (Wildman–Crippen MR) is 120 cm³/mol. The molecule has 1 aliphatic rings. The molecule has 2 aromatic carbocycles. The fourth-order valence-corrected chi connectivity index (χ4v) is 4.20. The van der Waals surface area contributed by atoms with Crippen molar-refractivity contribution in [2.45, 2.75) is 19.8 Å². The van der Waals surface area contributed by atoms with Crippen molar-refractivity contribution in [2.24, 2.45) is 0 Å². The summed E-state index contributed by atoms with van der Waals surface area (Å²) >= 11 is 0. The van der Waals surface area contributed by atoms with Gasteiger partial charge in [-0.15, -0.1) is 0 Å². The molecule has 0 fully saturated rings. The summed E-state index contributed by atoms with van der Waals surface area (Å²) in [6.07, 6.45) is 6.06. The molecule has 5 rings (SSSR count). The zero-order valence-electron chi connectivity index (χ0n) is 17.5. The molecule has 162 valence electrons. The normalized spacial score (nSPS) is 14.1. The molecule has 3 N–H and O–H groups in total. The van der Waals surface area contributed by atoms with E-state index in [0.29, 0.717) is 47.5 Å². The fraction of sp³-hybridized carbons (Fsp3) is 0.208. The van der Waals surface area contributed by atoms with Crippen molar-refractivity contribution in [3.63, 3.8) is 0 Å². The van der Waals surface area contributed by atoms with Crippen molar-refractivity contribution >= 4 is 22.9 Å². The Kier molecular flexibility index (Phi) is 4.97. The van der Waals surface area contributed by atoms with Crippen molar-refractivity contribution in [2.75, 3.05) is 13.1 Å². The molecular weight excluding hydrogens is 409 g/mol. The molecule has 0 aliphatic carbocycles. The predicted octanol–water partition coefficient (Wildman–Crippen LogP) is 4.27. The maximum atomic E-state index is 15.5. The van der Waals surface area contributed by atoms with Gasteiger partial charge >= 0.3 is 0 Å². The van der Waals surface area contributed by atoms with Gasteiger partial charge in [0.05, 0.1) is 5.69 Å². The number of hydrogen-bond donors (Lipinski definition) is 3. The lowest BCUT2D eigenvalue weighted by Gasteiger charge is -2.21. The molecular formula is C24H22FN5O2. The second kappa shape index (κ2) is 7.96. The average molecular weight is 431 g/mol. The number of hydrogen-bond acceptors (Lipinski definition) is 4. The van der Waals surface area contributed by atoms with Gasteiger partial charge in [-0.05, 0) is 47.7 Å². The highest BCUT2D eigenvalue weighted by Gasteiger charge is 2.20. The van der Waals surface area contributed by atoms with Crippen LogP contribution in [0.4, 0.5) is 4.39 Å². The van der Waals surface area contributed by atoms with Gasteiger partial charge in [0.25, 0.3) is 0 Å². The summed E-state index contributed by atoms with van der Waals surface area (Å²) in [7, 11) is 0. The lowest BCUT2D eigenvalue weighted by Crippen LogP contribution is -2.26. The van der Waals surface area contributed by atoms with Crippen LogP contribution in [0, 0.1) is 5.82 Å². The molecule has 0 saturated carbocycles. The van der Waals surface area contributed by atoms with Crippen molar-refractivity contribution in [3.05, 3.63) is 59.7 Å². The number of rotatable bonds is 5. The second-order valence-electron chi connectivity index (χ2n) is 7.83. The van der Waals surface area contributed by atoms with E-state index in [1.807, 2.05) is 25.3 Å². The van der Waals surface area contributed by atoms with Crippen LogP contribution in [0.15, 0.2) is 42.6 Å². The molecule has 0 saturated heterocycles. The Bertz CT molecular complexity index is 1350. The summed E-state index contributed by atoms with van der Waals surface area (Å²) in [5.41, 5.74) is 4.79. The van der Waals surface area contributed by atoms with E-state index in [4.69, 9.17) is 0 Å². The molecule has 0 unspecified atom stereocenters. The molecule has 8 heteroatoms. The third-order valence-electron chi connectivity index (χ3n) is 5.96. The van der Waals surface area contributed by atoms with Gasteiger partial charge in [0, 0.05) is 30.2 Å². The molecule has 7 nitrogen and oxygen atoms in total. The summed E-state index contributed by atoms with van der Waals surface area (Å²) in [5, 5.41) is 17.5. The number of nitrogens with zero attached hydrogens (tertiary/aromatic N) is 3. The number of benzene rings is 2. The second-order valence-corrected chi connectivity index (χ2v) is 7.83. The fourth-order valence-electron chi connectivity index (χ4n) is 4.20. The summed E-state index contributed by atoms with van der Waals surface area (Å²) in [4.78, 5) is 20.4. The monoisotopic (exact) mass is 431 g/mol. The van der Waals surface area contributed by atoms with Crippen LogP contribution >= 0.6 is 0 Å².